The number of carbonyl (C=O) groups is 2. The van der Waals surface area contributed by atoms with E-state index in [1.807, 2.05) is 6.92 Å². The average molecular weight is 294 g/mol. The highest BCUT2D eigenvalue weighted by Crippen LogP contribution is 2.55. The summed E-state index contributed by atoms with van der Waals surface area (Å²) in [6.45, 7) is 1.93. The van der Waals surface area contributed by atoms with Crippen LogP contribution >= 0.6 is 0 Å². The molecule has 0 radical (unpaired) electrons. The summed E-state index contributed by atoms with van der Waals surface area (Å²) in [5.41, 5.74) is -0.0614. The van der Waals surface area contributed by atoms with Gasteiger partial charge in [-0.25, -0.2) is 9.59 Å². The van der Waals surface area contributed by atoms with Gasteiger partial charge in [-0.2, -0.15) is 0 Å². The zero-order chi connectivity index (χ0) is 15.0. The third kappa shape index (κ3) is 3.01. The van der Waals surface area contributed by atoms with E-state index in [-0.39, 0.29) is 11.6 Å². The first kappa shape index (κ1) is 14.7. The number of hydrogen-bond donors (Lipinski definition) is 3. The molecule has 4 aliphatic rings. The first-order chi connectivity index (χ1) is 9.99. The van der Waals surface area contributed by atoms with Crippen LogP contribution in [0.3, 0.4) is 0 Å². The standard InChI is InChI=1S/C16H26N2O3/c1-2-3-13(14(19)20)17-15(21)18-16-7-10-4-11(8-16)6-12(5-10)9-16/h10-13H,2-9H2,1H3,(H,19,20)(H2,17,18,21)/t10?,11?,12?,13-,16?/m0/s1. The van der Waals surface area contributed by atoms with Crippen LogP contribution in [0.25, 0.3) is 0 Å². The molecule has 4 bridgehead atoms. The van der Waals surface area contributed by atoms with Crippen molar-refractivity contribution in [3.8, 4) is 0 Å². The van der Waals surface area contributed by atoms with Crippen molar-refractivity contribution in [2.45, 2.75) is 69.9 Å². The van der Waals surface area contributed by atoms with Crippen molar-refractivity contribution in [1.82, 2.24) is 10.6 Å². The molecule has 0 saturated heterocycles. The molecule has 0 aliphatic heterocycles. The number of nitrogens with one attached hydrogen (secondary N) is 2. The molecule has 0 aromatic carbocycles. The van der Waals surface area contributed by atoms with E-state index in [2.05, 4.69) is 10.6 Å². The van der Waals surface area contributed by atoms with Gasteiger partial charge in [-0.1, -0.05) is 13.3 Å². The predicted octanol–water partition coefficient (Wildman–Crippen LogP) is 2.51. The van der Waals surface area contributed by atoms with Crippen molar-refractivity contribution in [3.05, 3.63) is 0 Å². The van der Waals surface area contributed by atoms with Crippen LogP contribution in [0.5, 0.6) is 0 Å². The zero-order valence-electron chi connectivity index (χ0n) is 12.7. The Balaban J connectivity index is 1.61. The molecule has 21 heavy (non-hydrogen) atoms. The number of aliphatic carboxylic acids is 1. The second-order valence-corrected chi connectivity index (χ2v) is 7.48. The second kappa shape index (κ2) is 5.50. The van der Waals surface area contributed by atoms with Gasteiger partial charge in [0.1, 0.15) is 6.04 Å². The van der Waals surface area contributed by atoms with Crippen molar-refractivity contribution >= 4 is 12.0 Å². The van der Waals surface area contributed by atoms with Gasteiger partial charge in [0.05, 0.1) is 0 Å². The topological polar surface area (TPSA) is 78.4 Å². The molecule has 118 valence electrons. The maximum absolute atomic E-state index is 12.2. The van der Waals surface area contributed by atoms with Gasteiger partial charge in [-0.15, -0.1) is 0 Å². The van der Waals surface area contributed by atoms with Crippen LogP contribution in [0.15, 0.2) is 0 Å². The molecular formula is C16H26N2O3. The van der Waals surface area contributed by atoms with Gasteiger partial charge < -0.3 is 15.7 Å². The van der Waals surface area contributed by atoms with E-state index in [1.54, 1.807) is 0 Å². The molecule has 4 fully saturated rings. The third-order valence-corrected chi connectivity index (χ3v) is 5.60. The molecule has 5 nitrogen and oxygen atoms in total. The quantitative estimate of drug-likeness (QED) is 0.729. The number of rotatable bonds is 5. The number of carbonyl (C=O) groups excluding carboxylic acids is 1. The lowest BCUT2D eigenvalue weighted by Gasteiger charge is -2.56. The molecule has 1 atom stereocenters. The number of hydrogen-bond acceptors (Lipinski definition) is 2. The SMILES string of the molecule is CCC[C@H](NC(=O)NC12CC3CC(CC(C3)C1)C2)C(=O)O. The van der Waals surface area contributed by atoms with Crippen molar-refractivity contribution in [1.29, 1.82) is 0 Å². The Bertz CT molecular complexity index is 400. The van der Waals surface area contributed by atoms with E-state index in [4.69, 9.17) is 5.11 Å². The van der Waals surface area contributed by atoms with Crippen molar-refractivity contribution in [2.75, 3.05) is 0 Å². The van der Waals surface area contributed by atoms with E-state index < -0.39 is 12.0 Å². The highest BCUT2D eigenvalue weighted by molar-refractivity contribution is 5.82. The number of amides is 2. The first-order valence-corrected chi connectivity index (χ1v) is 8.31. The Morgan fingerprint density at radius 2 is 1.67 bits per heavy atom. The van der Waals surface area contributed by atoms with Gasteiger partial charge in [0.15, 0.2) is 0 Å². The Kier molecular flexibility index (Phi) is 3.84. The minimum absolute atomic E-state index is 0.0614. The predicted molar refractivity (Wildman–Crippen MR) is 78.9 cm³/mol. The van der Waals surface area contributed by atoms with Gasteiger partial charge >= 0.3 is 12.0 Å². The zero-order valence-corrected chi connectivity index (χ0v) is 12.7. The molecule has 0 unspecified atom stereocenters. The molecular weight excluding hydrogens is 268 g/mol. The molecule has 4 saturated carbocycles. The monoisotopic (exact) mass is 294 g/mol. The summed E-state index contributed by atoms with van der Waals surface area (Å²) >= 11 is 0. The van der Waals surface area contributed by atoms with E-state index in [0.29, 0.717) is 6.42 Å². The van der Waals surface area contributed by atoms with E-state index in [0.717, 1.165) is 43.4 Å². The van der Waals surface area contributed by atoms with E-state index in [9.17, 15) is 9.59 Å². The smallest absolute Gasteiger partial charge is 0.326 e. The van der Waals surface area contributed by atoms with Crippen LogP contribution in [0.4, 0.5) is 4.79 Å². The Morgan fingerprint density at radius 3 is 2.10 bits per heavy atom. The minimum atomic E-state index is -0.947. The Hall–Kier alpha value is -1.26. The van der Waals surface area contributed by atoms with Crippen LogP contribution in [0.1, 0.15) is 58.3 Å². The van der Waals surface area contributed by atoms with Crippen LogP contribution < -0.4 is 10.6 Å². The number of urea groups is 1. The Labute approximate surface area is 125 Å². The lowest BCUT2D eigenvalue weighted by atomic mass is 9.53. The minimum Gasteiger partial charge on any atom is -0.480 e. The summed E-state index contributed by atoms with van der Waals surface area (Å²) in [5.74, 6) is 1.35. The van der Waals surface area contributed by atoms with Crippen LogP contribution in [-0.4, -0.2) is 28.7 Å². The fourth-order valence-corrected chi connectivity index (χ4v) is 5.24. The summed E-state index contributed by atoms with van der Waals surface area (Å²) < 4.78 is 0. The summed E-state index contributed by atoms with van der Waals surface area (Å²) in [5, 5.41) is 14.9. The van der Waals surface area contributed by atoms with Crippen molar-refractivity contribution in [2.24, 2.45) is 17.8 Å². The third-order valence-electron chi connectivity index (χ3n) is 5.60. The second-order valence-electron chi connectivity index (χ2n) is 7.48. The molecule has 0 heterocycles. The maximum Gasteiger partial charge on any atom is 0.326 e. The maximum atomic E-state index is 12.2. The highest BCUT2D eigenvalue weighted by atomic mass is 16.4. The normalized spacial score (nSPS) is 38.0. The molecule has 5 heteroatoms. The fraction of sp³-hybridized carbons (Fsp3) is 0.875. The van der Waals surface area contributed by atoms with Gasteiger partial charge in [-0.3, -0.25) is 0 Å². The lowest BCUT2D eigenvalue weighted by Crippen LogP contribution is -2.62. The van der Waals surface area contributed by atoms with E-state index >= 15 is 0 Å². The summed E-state index contributed by atoms with van der Waals surface area (Å²) in [6.07, 6.45) is 8.45. The van der Waals surface area contributed by atoms with Gasteiger partial charge in [0.25, 0.3) is 0 Å². The highest BCUT2D eigenvalue weighted by Gasteiger charge is 2.51. The largest absolute Gasteiger partial charge is 0.480 e. The van der Waals surface area contributed by atoms with Crippen LogP contribution in [0, 0.1) is 17.8 Å². The average Bonchev–Trinajstić information content (AvgIpc) is 2.35. The molecule has 2 amide bonds. The van der Waals surface area contributed by atoms with Crippen LogP contribution in [0.2, 0.25) is 0 Å². The number of carboxylic acid groups (broad SMARTS) is 1. The molecule has 4 aliphatic carbocycles. The Morgan fingerprint density at radius 1 is 1.14 bits per heavy atom. The molecule has 3 N–H and O–H groups in total. The summed E-state index contributed by atoms with van der Waals surface area (Å²) in [7, 11) is 0. The number of carboxylic acids is 1. The van der Waals surface area contributed by atoms with Crippen molar-refractivity contribution < 1.29 is 14.7 Å². The van der Waals surface area contributed by atoms with Gasteiger partial charge in [0.2, 0.25) is 0 Å². The summed E-state index contributed by atoms with van der Waals surface area (Å²) in [4.78, 5) is 23.4. The van der Waals surface area contributed by atoms with Crippen molar-refractivity contribution in [3.63, 3.8) is 0 Å². The fourth-order valence-electron chi connectivity index (χ4n) is 5.24. The molecule has 4 rings (SSSR count). The van der Waals surface area contributed by atoms with Gasteiger partial charge in [0, 0.05) is 5.54 Å². The molecule has 0 spiro atoms. The molecule has 0 aromatic rings. The molecule has 0 aromatic heterocycles. The lowest BCUT2D eigenvalue weighted by molar-refractivity contribution is -0.139. The van der Waals surface area contributed by atoms with E-state index in [1.165, 1.54) is 19.3 Å². The first-order valence-electron chi connectivity index (χ1n) is 8.31. The van der Waals surface area contributed by atoms with Gasteiger partial charge in [-0.05, 0) is 62.7 Å². The van der Waals surface area contributed by atoms with Crippen LogP contribution in [-0.2, 0) is 4.79 Å². The summed E-state index contributed by atoms with van der Waals surface area (Å²) in [6, 6.07) is -1.07.